The largest absolute Gasteiger partial charge is 0.456 e. The van der Waals surface area contributed by atoms with E-state index in [1.54, 1.807) is 0 Å². The molecule has 0 aliphatic heterocycles. The van der Waals surface area contributed by atoms with E-state index in [1.165, 1.54) is 4.57 Å². The van der Waals surface area contributed by atoms with Crippen molar-refractivity contribution in [2.45, 2.75) is 0 Å². The van der Waals surface area contributed by atoms with Crippen molar-refractivity contribution >= 4 is 43.7 Å². The first kappa shape index (κ1) is 24.6. The van der Waals surface area contributed by atoms with Crippen LogP contribution in [0.5, 0.6) is 0 Å². The van der Waals surface area contributed by atoms with Gasteiger partial charge in [-0.3, -0.25) is 0 Å². The minimum absolute atomic E-state index is 0.0162. The summed E-state index contributed by atoms with van der Waals surface area (Å²) < 4.78 is 79.7. The SMILES string of the molecule is [2H]c1c([2H])c([2H])c2c(c1[2H])c1c([2H])c([2H])c([2H])c([2H])c1n2-c1cc(-c2ccc3oc4cc(-c5ccccc5)ccc4c3c2)ccc1-c1nc(-c2ccccc2)nc(-c2ccccc2)n1. The van der Waals surface area contributed by atoms with Crippen LogP contribution >= 0.6 is 0 Å². The van der Waals surface area contributed by atoms with E-state index in [0.29, 0.717) is 34.0 Å². The number of benzene rings is 8. The Kier molecular flexibility index (Phi) is 5.74. The molecule has 0 amide bonds. The van der Waals surface area contributed by atoms with Gasteiger partial charge in [0.2, 0.25) is 0 Å². The lowest BCUT2D eigenvalue weighted by atomic mass is 9.99. The van der Waals surface area contributed by atoms with Gasteiger partial charge in [0.15, 0.2) is 17.5 Å². The van der Waals surface area contributed by atoms with E-state index in [2.05, 4.69) is 24.3 Å². The van der Waals surface area contributed by atoms with E-state index < -0.39 is 48.3 Å². The number of aromatic nitrogens is 4. The van der Waals surface area contributed by atoms with Gasteiger partial charge in [0.1, 0.15) is 11.2 Å². The molecule has 0 saturated carbocycles. The van der Waals surface area contributed by atoms with Crippen LogP contribution in [0.2, 0.25) is 0 Å². The molecule has 0 aliphatic carbocycles. The summed E-state index contributed by atoms with van der Waals surface area (Å²) in [6.07, 6.45) is 0. The van der Waals surface area contributed by atoms with E-state index in [-0.39, 0.29) is 27.6 Å². The van der Waals surface area contributed by atoms with Crippen molar-refractivity contribution in [2.75, 3.05) is 0 Å². The molecule has 11 aromatic rings. The number of furan rings is 1. The van der Waals surface area contributed by atoms with Gasteiger partial charge in [-0.1, -0.05) is 145 Å². The predicted octanol–water partition coefficient (Wildman–Crippen LogP) is 13.2. The zero-order valence-electron chi connectivity index (χ0n) is 37.6. The molecule has 3 aromatic heterocycles. The van der Waals surface area contributed by atoms with E-state index in [4.69, 9.17) is 27.6 Å². The lowest BCUT2D eigenvalue weighted by Crippen LogP contribution is -2.04. The molecule has 5 heteroatoms. The summed E-state index contributed by atoms with van der Waals surface area (Å²) in [6.45, 7) is 0. The fourth-order valence-corrected chi connectivity index (χ4v) is 7.44. The number of hydrogen-bond donors (Lipinski definition) is 0. The average Bonchev–Trinajstić information content (AvgIpc) is 3.90. The Morgan fingerprint density at radius 3 is 1.55 bits per heavy atom. The maximum atomic E-state index is 9.32. The van der Waals surface area contributed by atoms with E-state index in [0.717, 1.165) is 44.2 Å². The van der Waals surface area contributed by atoms with Crippen molar-refractivity contribution in [3.63, 3.8) is 0 Å². The Bertz CT molecular complexity index is 3570. The number of fused-ring (bicyclic) bond motifs is 6. The molecule has 56 heavy (non-hydrogen) atoms. The molecule has 11 rings (SSSR count). The maximum absolute atomic E-state index is 9.32. The third-order valence-electron chi connectivity index (χ3n) is 10.1. The molecule has 262 valence electrons. The third kappa shape index (κ3) is 5.37. The highest BCUT2D eigenvalue weighted by Crippen LogP contribution is 2.40. The Balaban J connectivity index is 1.23. The van der Waals surface area contributed by atoms with Crippen LogP contribution in [0.4, 0.5) is 0 Å². The Hall–Kier alpha value is -7.63. The van der Waals surface area contributed by atoms with Gasteiger partial charge in [-0.05, 0) is 70.7 Å². The third-order valence-corrected chi connectivity index (χ3v) is 10.1. The van der Waals surface area contributed by atoms with Crippen molar-refractivity contribution in [3.8, 4) is 62.1 Å². The van der Waals surface area contributed by atoms with Crippen LogP contribution in [0.3, 0.4) is 0 Å². The first-order valence-electron chi connectivity index (χ1n) is 22.1. The molecule has 0 aliphatic rings. The van der Waals surface area contributed by atoms with Gasteiger partial charge in [0.25, 0.3) is 0 Å². The number of nitrogens with zero attached hydrogens (tertiary/aromatic N) is 4. The highest BCUT2D eigenvalue weighted by Gasteiger charge is 2.21. The molecule has 0 N–H and O–H groups in total. The van der Waals surface area contributed by atoms with Gasteiger partial charge in [0, 0.05) is 38.2 Å². The molecular weight excluding hydrogens is 685 g/mol. The first-order valence-corrected chi connectivity index (χ1v) is 18.1. The molecule has 0 saturated heterocycles. The molecule has 3 heterocycles. The van der Waals surface area contributed by atoms with Gasteiger partial charge in [-0.25, -0.2) is 15.0 Å². The molecule has 0 atom stereocenters. The zero-order valence-corrected chi connectivity index (χ0v) is 29.6. The molecule has 0 unspecified atom stereocenters. The fourth-order valence-electron chi connectivity index (χ4n) is 7.44. The second-order valence-corrected chi connectivity index (χ2v) is 13.4. The molecular formula is C51H32N4O. The van der Waals surface area contributed by atoms with Crippen LogP contribution in [0, 0.1) is 0 Å². The standard InChI is InChI=1S/C51H32N4O/c1-4-14-33(15-5-1)38-24-27-41-43-30-36(26-29-47(43)56-48(41)32-38)37-25-28-42(46(31-37)55-44-22-12-10-20-39(44)40-21-11-13-23-45(40)55)51-53-49(34-16-6-2-7-17-34)52-50(54-51)35-18-8-3-9-19-35/h1-32H/i10D,11D,12D,13D,20D,21D,22D,23D. The van der Waals surface area contributed by atoms with Gasteiger partial charge in [0.05, 0.1) is 27.7 Å². The van der Waals surface area contributed by atoms with Crippen molar-refractivity contribution in [1.82, 2.24) is 19.5 Å². The summed E-state index contributed by atoms with van der Waals surface area (Å²) >= 11 is 0. The summed E-state index contributed by atoms with van der Waals surface area (Å²) in [5.74, 6) is 1.01. The summed E-state index contributed by atoms with van der Waals surface area (Å²) in [7, 11) is 0. The van der Waals surface area contributed by atoms with Crippen molar-refractivity contribution in [1.29, 1.82) is 0 Å². The number of rotatable bonds is 6. The summed E-state index contributed by atoms with van der Waals surface area (Å²) in [4.78, 5) is 14.9. The van der Waals surface area contributed by atoms with Crippen LogP contribution in [0.25, 0.3) is 106 Å². The predicted molar refractivity (Wildman–Crippen MR) is 229 cm³/mol. The molecule has 0 fully saturated rings. The topological polar surface area (TPSA) is 56.7 Å². The second-order valence-electron chi connectivity index (χ2n) is 13.4. The first-order chi connectivity index (χ1) is 31.1. The summed E-state index contributed by atoms with van der Waals surface area (Å²) in [5.41, 5.74) is 7.20. The van der Waals surface area contributed by atoms with Crippen LogP contribution in [0.15, 0.2) is 198 Å². The van der Waals surface area contributed by atoms with Crippen LogP contribution in [-0.4, -0.2) is 19.5 Å². The Morgan fingerprint density at radius 2 is 0.911 bits per heavy atom. The van der Waals surface area contributed by atoms with E-state index in [1.807, 2.05) is 121 Å². The van der Waals surface area contributed by atoms with Crippen LogP contribution < -0.4 is 0 Å². The number of hydrogen-bond acceptors (Lipinski definition) is 4. The molecule has 0 radical (unpaired) electrons. The average molecular weight is 725 g/mol. The zero-order chi connectivity index (χ0) is 44.0. The Morgan fingerprint density at radius 1 is 0.393 bits per heavy atom. The van der Waals surface area contributed by atoms with Crippen molar-refractivity contribution in [3.05, 3.63) is 194 Å². The summed E-state index contributed by atoms with van der Waals surface area (Å²) in [5, 5.41) is 1.75. The lowest BCUT2D eigenvalue weighted by Gasteiger charge is -2.16. The minimum Gasteiger partial charge on any atom is -0.456 e. The fraction of sp³-hybridized carbons (Fsp3) is 0. The second kappa shape index (κ2) is 13.0. The van der Waals surface area contributed by atoms with Crippen LogP contribution in [-0.2, 0) is 0 Å². The van der Waals surface area contributed by atoms with Gasteiger partial charge in [-0.15, -0.1) is 0 Å². The smallest absolute Gasteiger partial charge is 0.166 e. The number of para-hydroxylation sites is 2. The van der Waals surface area contributed by atoms with Crippen molar-refractivity contribution < 1.29 is 15.4 Å². The summed E-state index contributed by atoms with van der Waals surface area (Å²) in [6, 6.07) is 43.0. The molecule has 5 nitrogen and oxygen atoms in total. The van der Waals surface area contributed by atoms with Gasteiger partial charge < -0.3 is 8.98 Å². The molecule has 0 bridgehead atoms. The normalized spacial score (nSPS) is 13.6. The molecule has 8 aromatic carbocycles. The van der Waals surface area contributed by atoms with Crippen LogP contribution in [0.1, 0.15) is 11.0 Å². The maximum Gasteiger partial charge on any atom is 0.166 e. The monoisotopic (exact) mass is 724 g/mol. The minimum atomic E-state index is -0.521. The quantitative estimate of drug-likeness (QED) is 0.171. The van der Waals surface area contributed by atoms with Crippen molar-refractivity contribution in [2.24, 2.45) is 0 Å². The van der Waals surface area contributed by atoms with E-state index >= 15 is 0 Å². The highest BCUT2D eigenvalue weighted by molar-refractivity contribution is 6.10. The lowest BCUT2D eigenvalue weighted by molar-refractivity contribution is 0.669. The Labute approximate surface area is 334 Å². The highest BCUT2D eigenvalue weighted by atomic mass is 16.3. The van der Waals surface area contributed by atoms with E-state index in [9.17, 15) is 2.74 Å². The van der Waals surface area contributed by atoms with Gasteiger partial charge in [-0.2, -0.15) is 0 Å². The molecule has 0 spiro atoms. The van der Waals surface area contributed by atoms with Gasteiger partial charge >= 0.3 is 0 Å².